The minimum atomic E-state index is -0.605. The van der Waals surface area contributed by atoms with Crippen LogP contribution in [0.25, 0.3) is 11.2 Å². The number of fused-ring (bicyclic) bond motifs is 1. The molecule has 3 aromatic rings. The number of hydrogen-bond acceptors (Lipinski definition) is 5. The van der Waals surface area contributed by atoms with Crippen molar-refractivity contribution in [1.29, 1.82) is 0 Å². The molecule has 0 aliphatic rings. The molecule has 0 spiro atoms. The number of carbonyl (C=O) groups excluding carboxylic acids is 1. The molecule has 3 aromatic heterocycles. The monoisotopic (exact) mass is 338 g/mol. The van der Waals surface area contributed by atoms with Crippen LogP contribution in [-0.4, -0.2) is 31.9 Å². The second kappa shape index (κ2) is 6.97. The lowest BCUT2D eigenvalue weighted by atomic mass is 10.2. The normalized spacial score (nSPS) is 11.6. The smallest absolute Gasteiger partial charge is 0.287 e. The van der Waals surface area contributed by atoms with Gasteiger partial charge in [0, 0.05) is 30.4 Å². The summed E-state index contributed by atoms with van der Waals surface area (Å²) < 4.78 is 13.3. The SMILES string of the molecule is C[C@@H](CC#Cc1cnc(N)c(F)c1)NC(=O)c1nc2ncccc2[nH]1. The van der Waals surface area contributed by atoms with E-state index in [9.17, 15) is 9.18 Å². The number of nitrogen functional groups attached to an aromatic ring is 1. The lowest BCUT2D eigenvalue weighted by Gasteiger charge is -2.08. The molecule has 0 radical (unpaired) electrons. The molecule has 0 unspecified atom stereocenters. The Kier molecular flexibility index (Phi) is 4.57. The molecule has 1 atom stereocenters. The maximum atomic E-state index is 13.3. The number of amides is 1. The van der Waals surface area contributed by atoms with E-state index in [-0.39, 0.29) is 23.6 Å². The van der Waals surface area contributed by atoms with Gasteiger partial charge < -0.3 is 16.0 Å². The van der Waals surface area contributed by atoms with Gasteiger partial charge in [-0.05, 0) is 25.1 Å². The Hall–Kier alpha value is -3.47. The largest absolute Gasteiger partial charge is 0.381 e. The van der Waals surface area contributed by atoms with E-state index in [0.717, 1.165) is 0 Å². The fraction of sp³-hybridized carbons (Fsp3) is 0.176. The highest BCUT2D eigenvalue weighted by Gasteiger charge is 2.13. The highest BCUT2D eigenvalue weighted by atomic mass is 19.1. The number of halogens is 1. The van der Waals surface area contributed by atoms with Crippen LogP contribution in [0.2, 0.25) is 0 Å². The lowest BCUT2D eigenvalue weighted by Crippen LogP contribution is -2.32. The van der Waals surface area contributed by atoms with Crippen molar-refractivity contribution in [2.45, 2.75) is 19.4 Å². The van der Waals surface area contributed by atoms with Crippen LogP contribution in [0, 0.1) is 17.7 Å². The first-order valence-corrected chi connectivity index (χ1v) is 7.54. The molecule has 0 saturated carbocycles. The van der Waals surface area contributed by atoms with Crippen LogP contribution in [0.15, 0.2) is 30.6 Å². The first-order chi connectivity index (χ1) is 12.0. The van der Waals surface area contributed by atoms with E-state index in [1.807, 2.05) is 6.92 Å². The summed E-state index contributed by atoms with van der Waals surface area (Å²) in [7, 11) is 0. The molecule has 0 aliphatic heterocycles. The first kappa shape index (κ1) is 16.4. The van der Waals surface area contributed by atoms with E-state index >= 15 is 0 Å². The molecule has 7 nitrogen and oxygen atoms in total. The number of rotatable bonds is 3. The van der Waals surface area contributed by atoms with Crippen molar-refractivity contribution in [1.82, 2.24) is 25.3 Å². The third-order valence-corrected chi connectivity index (χ3v) is 3.36. The Labute approximate surface area is 142 Å². The summed E-state index contributed by atoms with van der Waals surface area (Å²) in [6, 6.07) is 4.56. The van der Waals surface area contributed by atoms with Gasteiger partial charge in [-0.1, -0.05) is 11.8 Å². The third-order valence-electron chi connectivity index (χ3n) is 3.36. The molecule has 8 heteroatoms. The number of hydrogen-bond donors (Lipinski definition) is 3. The minimum absolute atomic E-state index is 0.161. The maximum Gasteiger partial charge on any atom is 0.287 e. The lowest BCUT2D eigenvalue weighted by molar-refractivity contribution is 0.0931. The third kappa shape index (κ3) is 3.90. The topological polar surface area (TPSA) is 110 Å². The van der Waals surface area contributed by atoms with E-state index in [4.69, 9.17) is 5.73 Å². The standard InChI is InChI=1S/C17H15FN6O/c1-10(4-2-5-11-8-12(18)14(19)21-9-11)22-17(25)16-23-13-6-3-7-20-15(13)24-16/h3,6-10H,4H2,1H3,(H2,19,21)(H,22,25)(H,20,23,24)/t10-/m0/s1. The highest BCUT2D eigenvalue weighted by Crippen LogP contribution is 2.08. The van der Waals surface area contributed by atoms with Gasteiger partial charge in [0.1, 0.15) is 0 Å². The molecule has 0 bridgehead atoms. The van der Waals surface area contributed by atoms with Crippen molar-refractivity contribution in [2.24, 2.45) is 0 Å². The minimum Gasteiger partial charge on any atom is -0.381 e. The molecule has 126 valence electrons. The summed E-state index contributed by atoms with van der Waals surface area (Å²) in [6.07, 6.45) is 3.39. The van der Waals surface area contributed by atoms with Crippen LogP contribution in [-0.2, 0) is 0 Å². The maximum absolute atomic E-state index is 13.3. The van der Waals surface area contributed by atoms with Gasteiger partial charge in [0.25, 0.3) is 5.91 Å². The van der Waals surface area contributed by atoms with Gasteiger partial charge in [-0.3, -0.25) is 4.79 Å². The predicted octanol–water partition coefficient (Wildman–Crippen LogP) is 1.63. The molecular weight excluding hydrogens is 323 g/mol. The Morgan fingerprint density at radius 3 is 3.08 bits per heavy atom. The van der Waals surface area contributed by atoms with Gasteiger partial charge in [-0.25, -0.2) is 19.3 Å². The van der Waals surface area contributed by atoms with E-state index in [1.54, 1.807) is 18.3 Å². The number of pyridine rings is 2. The van der Waals surface area contributed by atoms with E-state index in [1.165, 1.54) is 12.3 Å². The predicted molar refractivity (Wildman–Crippen MR) is 90.9 cm³/mol. The van der Waals surface area contributed by atoms with Gasteiger partial charge >= 0.3 is 0 Å². The molecule has 4 N–H and O–H groups in total. The van der Waals surface area contributed by atoms with Gasteiger partial charge in [0.05, 0.1) is 5.52 Å². The highest BCUT2D eigenvalue weighted by molar-refractivity contribution is 5.93. The average Bonchev–Trinajstić information content (AvgIpc) is 3.02. The number of aromatic amines is 1. The molecular formula is C17H15FN6O. The van der Waals surface area contributed by atoms with E-state index in [2.05, 4.69) is 37.1 Å². The van der Waals surface area contributed by atoms with Crippen molar-refractivity contribution >= 4 is 22.9 Å². The second-order valence-electron chi connectivity index (χ2n) is 5.43. The van der Waals surface area contributed by atoms with Crippen molar-refractivity contribution in [2.75, 3.05) is 5.73 Å². The molecule has 0 aliphatic carbocycles. The van der Waals surface area contributed by atoms with Gasteiger partial charge in [0.15, 0.2) is 23.1 Å². The molecule has 1 amide bonds. The number of nitrogens with zero attached hydrogens (tertiary/aromatic N) is 3. The van der Waals surface area contributed by atoms with E-state index in [0.29, 0.717) is 23.1 Å². The summed E-state index contributed by atoms with van der Waals surface area (Å²) in [5.74, 6) is 4.75. The van der Waals surface area contributed by atoms with Crippen molar-refractivity contribution in [3.05, 3.63) is 47.8 Å². The molecule has 3 rings (SSSR count). The number of nitrogens with two attached hydrogens (primary N) is 1. The number of carbonyl (C=O) groups is 1. The Balaban J connectivity index is 1.60. The quantitative estimate of drug-likeness (QED) is 0.629. The van der Waals surface area contributed by atoms with Crippen molar-refractivity contribution in [3.8, 4) is 11.8 Å². The Bertz CT molecular complexity index is 954. The number of nitrogens with one attached hydrogen (secondary N) is 2. The molecule has 0 saturated heterocycles. The summed E-state index contributed by atoms with van der Waals surface area (Å²) >= 11 is 0. The molecule has 0 fully saturated rings. The van der Waals surface area contributed by atoms with Crippen molar-refractivity contribution in [3.63, 3.8) is 0 Å². The summed E-state index contributed by atoms with van der Waals surface area (Å²) in [5, 5.41) is 2.79. The molecule has 0 aromatic carbocycles. The zero-order valence-corrected chi connectivity index (χ0v) is 13.4. The number of aromatic nitrogens is 4. The van der Waals surface area contributed by atoms with Crippen LogP contribution in [0.4, 0.5) is 10.2 Å². The number of anilines is 1. The van der Waals surface area contributed by atoms with Crippen molar-refractivity contribution < 1.29 is 9.18 Å². The fourth-order valence-electron chi connectivity index (χ4n) is 2.12. The Morgan fingerprint density at radius 2 is 2.32 bits per heavy atom. The zero-order chi connectivity index (χ0) is 17.8. The van der Waals surface area contributed by atoms with Crippen LogP contribution >= 0.6 is 0 Å². The second-order valence-corrected chi connectivity index (χ2v) is 5.43. The van der Waals surface area contributed by atoms with Gasteiger partial charge in [-0.15, -0.1) is 0 Å². The summed E-state index contributed by atoms with van der Waals surface area (Å²) in [4.78, 5) is 27.0. The van der Waals surface area contributed by atoms with E-state index < -0.39 is 5.82 Å². The van der Waals surface area contributed by atoms with Crippen LogP contribution in [0.5, 0.6) is 0 Å². The van der Waals surface area contributed by atoms with Gasteiger partial charge in [0.2, 0.25) is 0 Å². The van der Waals surface area contributed by atoms with Gasteiger partial charge in [-0.2, -0.15) is 0 Å². The first-order valence-electron chi connectivity index (χ1n) is 7.54. The molecule has 3 heterocycles. The van der Waals surface area contributed by atoms with Crippen LogP contribution in [0.3, 0.4) is 0 Å². The number of H-pyrrole nitrogens is 1. The fourth-order valence-corrected chi connectivity index (χ4v) is 2.12. The summed E-state index contributed by atoms with van der Waals surface area (Å²) in [5.41, 5.74) is 6.91. The number of imidazole rings is 1. The zero-order valence-electron chi connectivity index (χ0n) is 13.4. The average molecular weight is 338 g/mol. The molecule has 25 heavy (non-hydrogen) atoms. The van der Waals surface area contributed by atoms with Crippen LogP contribution < -0.4 is 11.1 Å². The summed E-state index contributed by atoms with van der Waals surface area (Å²) in [6.45, 7) is 1.81. The van der Waals surface area contributed by atoms with Crippen LogP contribution in [0.1, 0.15) is 29.5 Å². The Morgan fingerprint density at radius 1 is 1.48 bits per heavy atom.